The van der Waals surface area contributed by atoms with Crippen molar-refractivity contribution >= 4 is 17.8 Å². The minimum absolute atomic E-state index is 0.0399. The molecule has 0 spiro atoms. The minimum Gasteiger partial charge on any atom is -0.468 e. The van der Waals surface area contributed by atoms with Gasteiger partial charge in [-0.15, -0.1) is 0 Å². The van der Waals surface area contributed by atoms with Gasteiger partial charge < -0.3 is 14.4 Å². The van der Waals surface area contributed by atoms with Crippen molar-refractivity contribution in [3.05, 3.63) is 0 Å². The lowest BCUT2D eigenvalue weighted by Crippen LogP contribution is -2.47. The van der Waals surface area contributed by atoms with Gasteiger partial charge in [0, 0.05) is 19.5 Å². The van der Waals surface area contributed by atoms with E-state index < -0.39 is 18.0 Å². The fourth-order valence-corrected chi connectivity index (χ4v) is 1.48. The van der Waals surface area contributed by atoms with Crippen molar-refractivity contribution in [3.63, 3.8) is 0 Å². The van der Waals surface area contributed by atoms with Crippen LogP contribution in [0, 0.1) is 5.92 Å². The summed E-state index contributed by atoms with van der Waals surface area (Å²) < 4.78 is 8.99. The number of carbonyl (C=O) groups is 3. The van der Waals surface area contributed by atoms with Gasteiger partial charge in [0.25, 0.3) is 0 Å². The van der Waals surface area contributed by atoms with Gasteiger partial charge in [-0.05, 0) is 0 Å². The van der Waals surface area contributed by atoms with E-state index >= 15 is 0 Å². The van der Waals surface area contributed by atoms with Crippen LogP contribution < -0.4 is 0 Å². The molecular formula is C9H13NO5. The summed E-state index contributed by atoms with van der Waals surface area (Å²) in [7, 11) is 2.47. The molecule has 0 saturated carbocycles. The second-order valence-electron chi connectivity index (χ2n) is 3.21. The molecule has 1 heterocycles. The summed E-state index contributed by atoms with van der Waals surface area (Å²) in [6, 6.07) is 0. The summed E-state index contributed by atoms with van der Waals surface area (Å²) in [5.41, 5.74) is 0. The molecule has 0 radical (unpaired) electrons. The number of likely N-dealkylation sites (tertiary alicyclic amines) is 1. The standard InChI is InChI=1S/C9H13NO5/c1-14-8(12)6-5-10(9(13)15-2)4-3-7(6)11/h6H,3-5H2,1-2H3. The second-order valence-corrected chi connectivity index (χ2v) is 3.21. The fraction of sp³-hybridized carbons (Fsp3) is 0.667. The number of piperidine rings is 1. The van der Waals surface area contributed by atoms with E-state index in [1.165, 1.54) is 19.1 Å². The first-order chi connectivity index (χ1) is 7.10. The molecule has 0 N–H and O–H groups in total. The average molecular weight is 215 g/mol. The average Bonchev–Trinajstić information content (AvgIpc) is 2.27. The molecule has 1 atom stereocenters. The zero-order chi connectivity index (χ0) is 11.4. The van der Waals surface area contributed by atoms with Gasteiger partial charge >= 0.3 is 12.1 Å². The number of methoxy groups -OCH3 is 2. The quantitative estimate of drug-likeness (QED) is 0.448. The number of hydrogen-bond donors (Lipinski definition) is 0. The van der Waals surface area contributed by atoms with E-state index in [-0.39, 0.29) is 18.7 Å². The molecule has 0 bridgehead atoms. The molecule has 1 fully saturated rings. The number of ether oxygens (including phenoxy) is 2. The predicted octanol–water partition coefficient (Wildman–Crippen LogP) is -0.183. The van der Waals surface area contributed by atoms with Gasteiger partial charge in [-0.25, -0.2) is 4.79 Å². The van der Waals surface area contributed by atoms with E-state index in [2.05, 4.69) is 9.47 Å². The highest BCUT2D eigenvalue weighted by molar-refractivity contribution is 6.00. The Labute approximate surface area is 87.1 Å². The Kier molecular flexibility index (Phi) is 3.65. The second kappa shape index (κ2) is 4.77. The summed E-state index contributed by atoms with van der Waals surface area (Å²) >= 11 is 0. The molecule has 1 saturated heterocycles. The first kappa shape index (κ1) is 11.5. The van der Waals surface area contributed by atoms with Crippen LogP contribution in [0.5, 0.6) is 0 Å². The lowest BCUT2D eigenvalue weighted by Gasteiger charge is -2.29. The van der Waals surface area contributed by atoms with E-state index in [1.807, 2.05) is 0 Å². The summed E-state index contributed by atoms with van der Waals surface area (Å²) in [6.07, 6.45) is -0.370. The maximum Gasteiger partial charge on any atom is 0.409 e. The van der Waals surface area contributed by atoms with Crippen molar-refractivity contribution in [2.75, 3.05) is 27.3 Å². The minimum atomic E-state index is -0.872. The summed E-state index contributed by atoms with van der Waals surface area (Å²) in [5, 5.41) is 0. The molecule has 0 aromatic rings. The zero-order valence-electron chi connectivity index (χ0n) is 8.69. The molecule has 84 valence electrons. The van der Waals surface area contributed by atoms with E-state index in [1.54, 1.807) is 0 Å². The maximum atomic E-state index is 11.4. The van der Waals surface area contributed by atoms with Crippen LogP contribution >= 0.6 is 0 Å². The third-order valence-corrected chi connectivity index (χ3v) is 2.34. The Morgan fingerprint density at radius 1 is 1.33 bits per heavy atom. The predicted molar refractivity (Wildman–Crippen MR) is 49.1 cm³/mol. The monoisotopic (exact) mass is 215 g/mol. The zero-order valence-corrected chi connectivity index (χ0v) is 8.69. The molecule has 1 amide bonds. The molecule has 15 heavy (non-hydrogen) atoms. The van der Waals surface area contributed by atoms with E-state index in [0.29, 0.717) is 6.54 Å². The molecule has 0 aromatic carbocycles. The first-order valence-corrected chi connectivity index (χ1v) is 4.53. The highest BCUT2D eigenvalue weighted by Gasteiger charge is 2.35. The van der Waals surface area contributed by atoms with Crippen LogP contribution in [0.15, 0.2) is 0 Å². The third-order valence-electron chi connectivity index (χ3n) is 2.34. The fourth-order valence-electron chi connectivity index (χ4n) is 1.48. The Balaban J connectivity index is 2.68. The van der Waals surface area contributed by atoms with Gasteiger partial charge in [0.2, 0.25) is 0 Å². The van der Waals surface area contributed by atoms with E-state index in [9.17, 15) is 14.4 Å². The van der Waals surface area contributed by atoms with Crippen molar-refractivity contribution in [3.8, 4) is 0 Å². The van der Waals surface area contributed by atoms with Crippen molar-refractivity contribution in [2.45, 2.75) is 6.42 Å². The first-order valence-electron chi connectivity index (χ1n) is 4.53. The number of amides is 1. The van der Waals surface area contributed by atoms with Crippen LogP contribution in [0.1, 0.15) is 6.42 Å². The normalized spacial score (nSPS) is 21.1. The smallest absolute Gasteiger partial charge is 0.409 e. The van der Waals surface area contributed by atoms with Crippen LogP contribution in [-0.2, 0) is 19.1 Å². The lowest BCUT2D eigenvalue weighted by molar-refractivity contribution is -0.151. The van der Waals surface area contributed by atoms with Crippen LogP contribution in [0.4, 0.5) is 4.79 Å². The highest BCUT2D eigenvalue weighted by Crippen LogP contribution is 2.15. The van der Waals surface area contributed by atoms with Gasteiger partial charge in [0.15, 0.2) is 5.78 Å². The summed E-state index contributed by atoms with van der Waals surface area (Å²) in [6.45, 7) is 0.331. The number of esters is 1. The number of ketones is 1. The molecule has 6 nitrogen and oxygen atoms in total. The summed E-state index contributed by atoms with van der Waals surface area (Å²) in [5.74, 6) is -1.67. The number of nitrogens with zero attached hydrogens (tertiary/aromatic N) is 1. The van der Waals surface area contributed by atoms with Crippen LogP contribution in [0.25, 0.3) is 0 Å². The molecule has 1 unspecified atom stereocenters. The van der Waals surface area contributed by atoms with Gasteiger partial charge in [0.1, 0.15) is 5.92 Å². The molecule has 6 heteroatoms. The van der Waals surface area contributed by atoms with Crippen molar-refractivity contribution < 1.29 is 23.9 Å². The van der Waals surface area contributed by atoms with E-state index in [0.717, 1.165) is 0 Å². The van der Waals surface area contributed by atoms with Crippen LogP contribution in [0.3, 0.4) is 0 Å². The van der Waals surface area contributed by atoms with Gasteiger partial charge in [-0.1, -0.05) is 0 Å². The van der Waals surface area contributed by atoms with Gasteiger partial charge in [-0.2, -0.15) is 0 Å². The van der Waals surface area contributed by atoms with Crippen LogP contribution in [-0.4, -0.2) is 50.1 Å². The molecular weight excluding hydrogens is 202 g/mol. The van der Waals surface area contributed by atoms with Gasteiger partial charge in [0.05, 0.1) is 14.2 Å². The maximum absolute atomic E-state index is 11.4. The van der Waals surface area contributed by atoms with E-state index in [4.69, 9.17) is 0 Å². The largest absolute Gasteiger partial charge is 0.468 e. The number of Topliss-reactive ketones (excluding diaryl/α,β-unsaturated/α-hetero) is 1. The Bertz CT molecular complexity index is 280. The molecule has 1 aliphatic heterocycles. The van der Waals surface area contributed by atoms with Crippen molar-refractivity contribution in [2.24, 2.45) is 5.92 Å². The number of rotatable bonds is 1. The Morgan fingerprint density at radius 2 is 2.00 bits per heavy atom. The molecule has 0 aromatic heterocycles. The Morgan fingerprint density at radius 3 is 2.53 bits per heavy atom. The molecule has 1 rings (SSSR count). The van der Waals surface area contributed by atoms with Crippen molar-refractivity contribution in [1.82, 2.24) is 4.90 Å². The highest BCUT2D eigenvalue weighted by atomic mass is 16.5. The molecule has 0 aliphatic carbocycles. The van der Waals surface area contributed by atoms with Crippen LogP contribution in [0.2, 0.25) is 0 Å². The number of carbonyl (C=O) groups excluding carboxylic acids is 3. The topological polar surface area (TPSA) is 72.9 Å². The third kappa shape index (κ3) is 2.45. The Hall–Kier alpha value is -1.59. The number of hydrogen-bond acceptors (Lipinski definition) is 5. The SMILES string of the molecule is COC(=O)C1CN(C(=O)OC)CCC1=O. The van der Waals surface area contributed by atoms with Crippen molar-refractivity contribution in [1.29, 1.82) is 0 Å². The van der Waals surface area contributed by atoms with Gasteiger partial charge in [-0.3, -0.25) is 9.59 Å². The molecule has 1 aliphatic rings. The summed E-state index contributed by atoms with van der Waals surface area (Å²) in [4.78, 5) is 35.1. The lowest BCUT2D eigenvalue weighted by atomic mass is 9.97.